The molecule has 4 aliphatic carbocycles. The fraction of sp³-hybridized carbons (Fsp3) is 0.857. The van der Waals surface area contributed by atoms with E-state index in [1.54, 1.807) is 0 Å². The molecular weight excluding hydrogens is 530 g/mol. The maximum absolute atomic E-state index is 11.7. The molecular formula is C35H55NO6. The standard InChI is InChI=1S/C35H55NO6/c1-35(2,3)42-34(37)16-18-38-20-22-40-24-25-41-23-21-39-19-17-36(26-32-28-12-8-4-5-9-13-29(28)32)27-33-30-14-10-6-7-11-15-31(30)33/h28-33H,8-27H2,1-3H3. The van der Waals surface area contributed by atoms with Gasteiger partial charge in [0.1, 0.15) is 5.60 Å². The van der Waals surface area contributed by atoms with Gasteiger partial charge in [-0.25, -0.2) is 0 Å². The summed E-state index contributed by atoms with van der Waals surface area (Å²) < 4.78 is 27.9. The first-order valence-electron chi connectivity index (χ1n) is 16.6. The van der Waals surface area contributed by atoms with Gasteiger partial charge in [0.15, 0.2) is 0 Å². The minimum absolute atomic E-state index is 0.240. The first-order chi connectivity index (χ1) is 20.4. The molecule has 0 aromatic heterocycles. The van der Waals surface area contributed by atoms with Crippen LogP contribution >= 0.6 is 0 Å². The molecule has 42 heavy (non-hydrogen) atoms. The number of hydrogen-bond donors (Lipinski definition) is 0. The number of nitrogens with zero attached hydrogens (tertiary/aromatic N) is 1. The zero-order chi connectivity index (χ0) is 29.6. The van der Waals surface area contributed by atoms with Crippen LogP contribution < -0.4 is 0 Å². The molecule has 0 radical (unpaired) electrons. The molecule has 4 aliphatic rings. The van der Waals surface area contributed by atoms with E-state index in [0.717, 1.165) is 74.3 Å². The fourth-order valence-electron chi connectivity index (χ4n) is 6.97. The van der Waals surface area contributed by atoms with Gasteiger partial charge in [0.05, 0.1) is 59.3 Å². The monoisotopic (exact) mass is 585 g/mol. The summed E-state index contributed by atoms with van der Waals surface area (Å²) in [5, 5.41) is 0. The minimum atomic E-state index is -0.458. The quantitative estimate of drug-likeness (QED) is 0.121. The van der Waals surface area contributed by atoms with E-state index in [2.05, 4.69) is 28.6 Å². The molecule has 7 nitrogen and oxygen atoms in total. The molecule has 2 fully saturated rings. The van der Waals surface area contributed by atoms with Gasteiger partial charge in [0.2, 0.25) is 0 Å². The van der Waals surface area contributed by atoms with Gasteiger partial charge in [-0.1, -0.05) is 0 Å². The summed E-state index contributed by atoms with van der Waals surface area (Å²) in [6.45, 7) is 13.3. The van der Waals surface area contributed by atoms with Crippen molar-refractivity contribution in [1.82, 2.24) is 4.90 Å². The summed E-state index contributed by atoms with van der Waals surface area (Å²) in [5.41, 5.74) is -0.458. The van der Waals surface area contributed by atoms with Gasteiger partial charge in [0.25, 0.3) is 0 Å². The van der Waals surface area contributed by atoms with Crippen molar-refractivity contribution in [2.45, 2.75) is 84.2 Å². The molecule has 0 aromatic rings. The maximum atomic E-state index is 11.7. The number of carbonyl (C=O) groups excluding carboxylic acids is 1. The average molecular weight is 586 g/mol. The Morgan fingerprint density at radius 1 is 0.619 bits per heavy atom. The first kappa shape index (κ1) is 33.3. The number of fused-ring (bicyclic) bond motifs is 2. The maximum Gasteiger partial charge on any atom is 0.308 e. The second kappa shape index (κ2) is 17.6. The van der Waals surface area contributed by atoms with Gasteiger partial charge in [-0.05, 0) is 82.0 Å². The first-order valence-corrected chi connectivity index (χ1v) is 16.6. The normalized spacial score (nSPS) is 28.0. The zero-order valence-electron chi connectivity index (χ0n) is 26.5. The van der Waals surface area contributed by atoms with Gasteiger partial charge in [-0.15, -0.1) is 23.7 Å². The Kier molecular flexibility index (Phi) is 14.0. The zero-order valence-corrected chi connectivity index (χ0v) is 26.5. The van der Waals surface area contributed by atoms with Crippen LogP contribution in [0.3, 0.4) is 0 Å². The predicted octanol–water partition coefficient (Wildman–Crippen LogP) is 4.97. The van der Waals surface area contributed by atoms with Crippen molar-refractivity contribution in [2.24, 2.45) is 35.5 Å². The third-order valence-corrected chi connectivity index (χ3v) is 9.16. The molecule has 4 unspecified atom stereocenters. The van der Waals surface area contributed by atoms with Crippen LogP contribution in [0.15, 0.2) is 0 Å². The van der Waals surface area contributed by atoms with Crippen LogP contribution in [0.2, 0.25) is 0 Å². The van der Waals surface area contributed by atoms with Crippen molar-refractivity contribution in [2.75, 3.05) is 72.5 Å². The van der Waals surface area contributed by atoms with E-state index < -0.39 is 5.60 Å². The number of hydrogen-bond acceptors (Lipinski definition) is 7. The average Bonchev–Trinajstić information content (AvgIpc) is 3.75. The lowest BCUT2D eigenvalue weighted by atomic mass is 10.1. The van der Waals surface area contributed by atoms with E-state index in [9.17, 15) is 4.79 Å². The Balaban J connectivity index is 1.02. The summed E-state index contributed by atoms with van der Waals surface area (Å²) in [7, 11) is 0. The highest BCUT2D eigenvalue weighted by Crippen LogP contribution is 2.55. The van der Waals surface area contributed by atoms with Crippen molar-refractivity contribution < 1.29 is 28.5 Å². The molecule has 4 rings (SSSR count). The van der Waals surface area contributed by atoms with Crippen LogP contribution in [0.1, 0.15) is 78.6 Å². The molecule has 4 atom stereocenters. The lowest BCUT2D eigenvalue weighted by Gasteiger charge is -2.23. The third-order valence-electron chi connectivity index (χ3n) is 9.16. The molecule has 0 aromatic carbocycles. The lowest BCUT2D eigenvalue weighted by Crippen LogP contribution is -2.33. The highest BCUT2D eigenvalue weighted by molar-refractivity contribution is 5.69. The fourth-order valence-corrected chi connectivity index (χ4v) is 6.97. The van der Waals surface area contributed by atoms with Crippen LogP contribution in [0.25, 0.3) is 0 Å². The van der Waals surface area contributed by atoms with E-state index in [1.165, 1.54) is 38.8 Å². The van der Waals surface area contributed by atoms with Crippen molar-refractivity contribution in [3.63, 3.8) is 0 Å². The van der Waals surface area contributed by atoms with Crippen LogP contribution in [-0.2, 0) is 28.5 Å². The summed E-state index contributed by atoms with van der Waals surface area (Å²) in [5.74, 6) is 18.5. The number of esters is 1. The van der Waals surface area contributed by atoms with E-state index in [1.807, 2.05) is 20.8 Å². The lowest BCUT2D eigenvalue weighted by molar-refractivity contribution is -0.156. The number of carbonyl (C=O) groups is 1. The minimum Gasteiger partial charge on any atom is -0.460 e. The summed E-state index contributed by atoms with van der Waals surface area (Å²) in [6.07, 6.45) is 9.77. The predicted molar refractivity (Wildman–Crippen MR) is 164 cm³/mol. The summed E-state index contributed by atoms with van der Waals surface area (Å²) >= 11 is 0. The Labute approximate surface area is 255 Å². The SMILES string of the molecule is CC(C)(C)OC(=O)CCOCCOCCOCCOCCN(CC1C2CCC#CCCC21)CC1C2CCC#CCCC21. The molecule has 0 spiro atoms. The Hall–Kier alpha value is -1.61. The molecule has 2 saturated carbocycles. The van der Waals surface area contributed by atoms with Crippen LogP contribution in [0.5, 0.6) is 0 Å². The van der Waals surface area contributed by atoms with Crippen LogP contribution in [0, 0.1) is 59.2 Å². The molecule has 236 valence electrons. The number of rotatable bonds is 19. The number of ether oxygens (including phenoxy) is 5. The Bertz CT molecular complexity index is 855. The van der Waals surface area contributed by atoms with E-state index in [4.69, 9.17) is 23.7 Å². The molecule has 0 amide bonds. The molecule has 0 saturated heterocycles. The van der Waals surface area contributed by atoms with E-state index in [-0.39, 0.29) is 12.4 Å². The van der Waals surface area contributed by atoms with Gasteiger partial charge in [-0.2, -0.15) is 0 Å². The van der Waals surface area contributed by atoms with Crippen molar-refractivity contribution in [1.29, 1.82) is 0 Å². The van der Waals surface area contributed by atoms with Gasteiger partial charge >= 0.3 is 5.97 Å². The van der Waals surface area contributed by atoms with Gasteiger partial charge < -0.3 is 28.6 Å². The largest absolute Gasteiger partial charge is 0.460 e. The van der Waals surface area contributed by atoms with E-state index >= 15 is 0 Å². The second-order valence-electron chi connectivity index (χ2n) is 13.4. The van der Waals surface area contributed by atoms with Crippen molar-refractivity contribution in [3.8, 4) is 23.7 Å². The highest BCUT2D eigenvalue weighted by atomic mass is 16.6. The highest BCUT2D eigenvalue weighted by Gasteiger charge is 2.52. The molecule has 0 N–H and O–H groups in total. The van der Waals surface area contributed by atoms with Crippen LogP contribution in [-0.4, -0.2) is 89.0 Å². The van der Waals surface area contributed by atoms with Crippen LogP contribution in [0.4, 0.5) is 0 Å². The second-order valence-corrected chi connectivity index (χ2v) is 13.4. The van der Waals surface area contributed by atoms with E-state index in [0.29, 0.717) is 46.2 Å². The molecule has 7 heteroatoms. The topological polar surface area (TPSA) is 66.5 Å². The van der Waals surface area contributed by atoms with Gasteiger partial charge in [0, 0.05) is 45.3 Å². The Morgan fingerprint density at radius 3 is 1.40 bits per heavy atom. The summed E-state index contributed by atoms with van der Waals surface area (Å²) in [4.78, 5) is 14.4. The Morgan fingerprint density at radius 2 is 1.00 bits per heavy atom. The third kappa shape index (κ3) is 12.2. The van der Waals surface area contributed by atoms with Crippen molar-refractivity contribution in [3.05, 3.63) is 0 Å². The van der Waals surface area contributed by atoms with Crippen molar-refractivity contribution >= 4 is 5.97 Å². The molecule has 0 heterocycles. The smallest absolute Gasteiger partial charge is 0.308 e. The molecule has 0 bridgehead atoms. The molecule has 0 aliphatic heterocycles. The summed E-state index contributed by atoms with van der Waals surface area (Å²) in [6, 6.07) is 0. The van der Waals surface area contributed by atoms with Gasteiger partial charge in [-0.3, -0.25) is 4.79 Å².